The summed E-state index contributed by atoms with van der Waals surface area (Å²) in [6, 6.07) is 10.1. The highest BCUT2D eigenvalue weighted by Crippen LogP contribution is 2.29. The number of hydrogen-bond donors (Lipinski definition) is 1. The summed E-state index contributed by atoms with van der Waals surface area (Å²) in [6.07, 6.45) is 0. The molecule has 0 aliphatic carbocycles. The smallest absolute Gasteiger partial charge is 0.292 e. The third kappa shape index (κ3) is 3.49. The number of rotatable bonds is 4. The molecule has 0 aromatic heterocycles. The molecule has 0 amide bonds. The molecule has 0 aliphatic rings. The van der Waals surface area contributed by atoms with Gasteiger partial charge in [0.25, 0.3) is 5.69 Å². The lowest BCUT2D eigenvalue weighted by molar-refractivity contribution is -0.384. The van der Waals surface area contributed by atoms with Crippen LogP contribution in [0.15, 0.2) is 45.3 Å². The largest absolute Gasteiger partial charge is 0.488 e. The number of anilines is 1. The minimum atomic E-state index is -0.506. The van der Waals surface area contributed by atoms with Gasteiger partial charge in [-0.3, -0.25) is 10.1 Å². The van der Waals surface area contributed by atoms with E-state index in [4.69, 9.17) is 10.5 Å². The first kappa shape index (κ1) is 14.8. The molecule has 2 N–H and O–H groups in total. The lowest BCUT2D eigenvalue weighted by atomic mass is 10.2. The molecule has 0 saturated heterocycles. The van der Waals surface area contributed by atoms with E-state index >= 15 is 0 Å². The molecule has 0 spiro atoms. The molecule has 0 unspecified atom stereocenters. The molecule has 2 rings (SSSR count). The summed E-state index contributed by atoms with van der Waals surface area (Å²) in [5, 5.41) is 10.8. The predicted molar refractivity (Wildman–Crippen MR) is 83.7 cm³/mol. The standard InChI is InChI=1S/C13H10Br2N2O3/c14-9-2-4-13(10(15)6-9)20-7-8-1-3-11(16)12(5-8)17(18)19/h1-6H,7,16H2. The van der Waals surface area contributed by atoms with E-state index in [1.54, 1.807) is 12.1 Å². The second kappa shape index (κ2) is 6.23. The maximum absolute atomic E-state index is 10.8. The quantitative estimate of drug-likeness (QED) is 0.471. The fourth-order valence-corrected chi connectivity index (χ4v) is 2.75. The summed E-state index contributed by atoms with van der Waals surface area (Å²) in [5.41, 5.74) is 6.26. The van der Waals surface area contributed by atoms with Crippen LogP contribution in [-0.4, -0.2) is 4.92 Å². The normalized spacial score (nSPS) is 10.3. The van der Waals surface area contributed by atoms with Crippen molar-refractivity contribution in [3.63, 3.8) is 0 Å². The first-order valence-electron chi connectivity index (χ1n) is 5.58. The highest BCUT2D eigenvalue weighted by molar-refractivity contribution is 9.11. The number of benzene rings is 2. The monoisotopic (exact) mass is 400 g/mol. The maximum atomic E-state index is 10.8. The van der Waals surface area contributed by atoms with Gasteiger partial charge in [0.1, 0.15) is 18.0 Å². The summed E-state index contributed by atoms with van der Waals surface area (Å²) in [6.45, 7) is 0.224. The molecular formula is C13H10Br2N2O3. The van der Waals surface area contributed by atoms with Crippen LogP contribution in [0.1, 0.15) is 5.56 Å². The number of nitro benzene ring substituents is 1. The van der Waals surface area contributed by atoms with Crippen molar-refractivity contribution in [2.24, 2.45) is 0 Å². The minimum Gasteiger partial charge on any atom is -0.488 e. The topological polar surface area (TPSA) is 78.4 Å². The fraction of sp³-hybridized carbons (Fsp3) is 0.0769. The zero-order valence-electron chi connectivity index (χ0n) is 10.2. The minimum absolute atomic E-state index is 0.110. The number of nitrogen functional groups attached to an aromatic ring is 1. The third-order valence-electron chi connectivity index (χ3n) is 2.58. The van der Waals surface area contributed by atoms with Crippen LogP contribution in [0.3, 0.4) is 0 Å². The first-order valence-corrected chi connectivity index (χ1v) is 7.16. The van der Waals surface area contributed by atoms with Crippen LogP contribution in [0.2, 0.25) is 0 Å². The van der Waals surface area contributed by atoms with Crippen molar-refractivity contribution in [2.45, 2.75) is 6.61 Å². The second-order valence-corrected chi connectivity index (χ2v) is 5.78. The Labute approximate surface area is 132 Å². The van der Waals surface area contributed by atoms with Gasteiger partial charge in [0.15, 0.2) is 0 Å². The van der Waals surface area contributed by atoms with Gasteiger partial charge in [-0.05, 0) is 45.8 Å². The molecule has 2 aromatic rings. The molecule has 0 aliphatic heterocycles. The van der Waals surface area contributed by atoms with Gasteiger partial charge < -0.3 is 10.5 Å². The number of nitro groups is 1. The maximum Gasteiger partial charge on any atom is 0.292 e. The Morgan fingerprint density at radius 3 is 2.60 bits per heavy atom. The fourth-order valence-electron chi connectivity index (χ4n) is 1.59. The highest BCUT2D eigenvalue weighted by atomic mass is 79.9. The molecule has 0 heterocycles. The van der Waals surface area contributed by atoms with Crippen molar-refractivity contribution < 1.29 is 9.66 Å². The molecule has 20 heavy (non-hydrogen) atoms. The van der Waals surface area contributed by atoms with E-state index in [9.17, 15) is 10.1 Å². The van der Waals surface area contributed by atoms with Gasteiger partial charge in [-0.15, -0.1) is 0 Å². The number of halogens is 2. The Balaban J connectivity index is 2.15. The highest BCUT2D eigenvalue weighted by Gasteiger charge is 2.12. The SMILES string of the molecule is Nc1ccc(COc2ccc(Br)cc2Br)cc1[N+](=O)[O-]. The average Bonchev–Trinajstić information content (AvgIpc) is 2.39. The summed E-state index contributed by atoms with van der Waals surface area (Å²) in [7, 11) is 0. The molecular weight excluding hydrogens is 392 g/mol. The van der Waals surface area contributed by atoms with Crippen molar-refractivity contribution in [1.29, 1.82) is 0 Å². The van der Waals surface area contributed by atoms with Crippen molar-refractivity contribution in [2.75, 3.05) is 5.73 Å². The number of hydrogen-bond acceptors (Lipinski definition) is 4. The Morgan fingerprint density at radius 1 is 1.20 bits per heavy atom. The number of ether oxygens (including phenoxy) is 1. The van der Waals surface area contributed by atoms with E-state index in [1.807, 2.05) is 12.1 Å². The summed E-state index contributed by atoms with van der Waals surface area (Å²) in [5.74, 6) is 0.660. The van der Waals surface area contributed by atoms with Gasteiger partial charge in [0, 0.05) is 10.5 Å². The lowest BCUT2D eigenvalue weighted by Gasteiger charge is -2.09. The van der Waals surface area contributed by atoms with Crippen LogP contribution in [0.4, 0.5) is 11.4 Å². The van der Waals surface area contributed by atoms with E-state index in [0.29, 0.717) is 11.3 Å². The van der Waals surface area contributed by atoms with Crippen molar-refractivity contribution >= 4 is 43.2 Å². The van der Waals surface area contributed by atoms with Crippen LogP contribution in [-0.2, 0) is 6.61 Å². The molecule has 0 radical (unpaired) electrons. The molecule has 2 aromatic carbocycles. The van der Waals surface area contributed by atoms with Crippen molar-refractivity contribution in [1.82, 2.24) is 0 Å². The number of nitrogens with zero attached hydrogens (tertiary/aromatic N) is 1. The zero-order chi connectivity index (χ0) is 14.7. The molecule has 5 nitrogen and oxygen atoms in total. The molecule has 0 fully saturated rings. The molecule has 0 saturated carbocycles. The van der Waals surface area contributed by atoms with Gasteiger partial charge in [0.05, 0.1) is 9.40 Å². The van der Waals surface area contributed by atoms with Crippen LogP contribution in [0.5, 0.6) is 5.75 Å². The van der Waals surface area contributed by atoms with Crippen LogP contribution < -0.4 is 10.5 Å². The van der Waals surface area contributed by atoms with Gasteiger partial charge in [-0.1, -0.05) is 22.0 Å². The average molecular weight is 402 g/mol. The van der Waals surface area contributed by atoms with E-state index < -0.39 is 4.92 Å². The molecule has 104 valence electrons. The first-order chi connectivity index (χ1) is 9.47. The van der Waals surface area contributed by atoms with Gasteiger partial charge in [-0.25, -0.2) is 0 Å². The van der Waals surface area contributed by atoms with Crippen LogP contribution >= 0.6 is 31.9 Å². The van der Waals surface area contributed by atoms with Gasteiger partial charge in [-0.2, -0.15) is 0 Å². The number of nitrogens with two attached hydrogens (primary N) is 1. The zero-order valence-corrected chi connectivity index (χ0v) is 13.3. The molecule has 7 heteroatoms. The van der Waals surface area contributed by atoms with Gasteiger partial charge in [0.2, 0.25) is 0 Å². The second-order valence-electron chi connectivity index (χ2n) is 4.01. The van der Waals surface area contributed by atoms with Crippen molar-refractivity contribution in [3.8, 4) is 5.75 Å². The van der Waals surface area contributed by atoms with Crippen LogP contribution in [0, 0.1) is 10.1 Å². The molecule has 0 atom stereocenters. The van der Waals surface area contributed by atoms with Gasteiger partial charge >= 0.3 is 0 Å². The third-order valence-corrected chi connectivity index (χ3v) is 3.69. The Kier molecular flexibility index (Phi) is 4.61. The predicted octanol–water partition coefficient (Wildman–Crippen LogP) is 4.28. The summed E-state index contributed by atoms with van der Waals surface area (Å²) < 4.78 is 7.35. The van der Waals surface area contributed by atoms with E-state index in [-0.39, 0.29) is 18.0 Å². The van der Waals surface area contributed by atoms with Crippen molar-refractivity contribution in [3.05, 3.63) is 61.0 Å². The lowest BCUT2D eigenvalue weighted by Crippen LogP contribution is -2.00. The Bertz CT molecular complexity index is 662. The van der Waals surface area contributed by atoms with E-state index in [1.165, 1.54) is 12.1 Å². The van der Waals surface area contributed by atoms with Crippen LogP contribution in [0.25, 0.3) is 0 Å². The molecule has 0 bridgehead atoms. The van der Waals surface area contributed by atoms with E-state index in [2.05, 4.69) is 31.9 Å². The Morgan fingerprint density at radius 2 is 1.95 bits per heavy atom. The Hall–Kier alpha value is -1.60. The summed E-state index contributed by atoms with van der Waals surface area (Å²) in [4.78, 5) is 10.3. The van der Waals surface area contributed by atoms with E-state index in [0.717, 1.165) is 8.95 Å². The summed E-state index contributed by atoms with van der Waals surface area (Å²) >= 11 is 6.74.